The van der Waals surface area contributed by atoms with Gasteiger partial charge >= 0.3 is 0 Å². The molecule has 6 N–H and O–H groups in total. The first-order chi connectivity index (χ1) is 40.8. The summed E-state index contributed by atoms with van der Waals surface area (Å²) in [6.07, 6.45) is 85.8. The summed E-state index contributed by atoms with van der Waals surface area (Å²) in [5.41, 5.74) is 0. The van der Waals surface area contributed by atoms with Crippen LogP contribution in [0.5, 0.6) is 0 Å². The number of aliphatic hydroxyl groups is 5. The summed E-state index contributed by atoms with van der Waals surface area (Å²) in [4.78, 5) is 13.1. The Balaban J connectivity index is 2.20. The normalized spacial score (nSPS) is 19.0. The molecule has 0 saturated carbocycles. The molecule has 1 aliphatic heterocycles. The van der Waals surface area contributed by atoms with E-state index in [1.165, 1.54) is 161 Å². The molecule has 9 heteroatoms. The van der Waals surface area contributed by atoms with Crippen molar-refractivity contribution < 1.29 is 39.8 Å². The quantitative estimate of drug-likeness (QED) is 0.0261. The largest absolute Gasteiger partial charge is 0.394 e. The molecule has 1 rings (SSSR count). The summed E-state index contributed by atoms with van der Waals surface area (Å²) in [7, 11) is 0. The van der Waals surface area contributed by atoms with Crippen LogP contribution in [0.1, 0.15) is 284 Å². The van der Waals surface area contributed by atoms with Crippen molar-refractivity contribution in [3.63, 3.8) is 0 Å². The zero-order valence-electron chi connectivity index (χ0n) is 53.2. The van der Waals surface area contributed by atoms with Crippen molar-refractivity contribution in [2.24, 2.45) is 0 Å². The molecular formula is C74H127NO8. The van der Waals surface area contributed by atoms with Gasteiger partial charge in [-0.25, -0.2) is 0 Å². The van der Waals surface area contributed by atoms with Crippen LogP contribution >= 0.6 is 0 Å². The Hall–Kier alpha value is -3.41. The summed E-state index contributed by atoms with van der Waals surface area (Å²) in [5.74, 6) is -0.197. The van der Waals surface area contributed by atoms with Crippen molar-refractivity contribution >= 4 is 5.91 Å². The lowest BCUT2D eigenvalue weighted by Gasteiger charge is -2.40. The number of carbonyl (C=O) groups excluding carboxylic acids is 1. The number of nitrogens with one attached hydrogen (secondary N) is 1. The average Bonchev–Trinajstić information content (AvgIpc) is 3.61. The highest BCUT2D eigenvalue weighted by Crippen LogP contribution is 2.23. The van der Waals surface area contributed by atoms with Gasteiger partial charge in [-0.05, 0) is 103 Å². The number of ether oxygens (including phenoxy) is 2. The van der Waals surface area contributed by atoms with E-state index in [9.17, 15) is 30.3 Å². The van der Waals surface area contributed by atoms with Gasteiger partial charge in [-0.1, -0.05) is 296 Å². The summed E-state index contributed by atoms with van der Waals surface area (Å²) < 4.78 is 11.3. The molecule has 0 aliphatic carbocycles. The van der Waals surface area contributed by atoms with Crippen LogP contribution < -0.4 is 5.32 Å². The SMILES string of the molecule is CC/C=C\C/C=C\C/C=C\C/C=C\C/C=C\C/C=C\C/C=C\CCCCCCCCCCCCCC(=O)NC(COC1OC(CO)C(O)C(O)C1O)C(O)/C=C/CC/C=C/CC/C=C/CCCCCCCCCCCCCCCCCCC. The number of unbranched alkanes of at least 4 members (excludes halogenated alkanes) is 30. The molecule has 83 heavy (non-hydrogen) atoms. The van der Waals surface area contributed by atoms with Gasteiger partial charge in [0.05, 0.1) is 25.4 Å². The summed E-state index contributed by atoms with van der Waals surface area (Å²) in [5, 5.41) is 54.7. The highest BCUT2D eigenvalue weighted by atomic mass is 16.7. The van der Waals surface area contributed by atoms with Gasteiger partial charge in [0.1, 0.15) is 24.4 Å². The maximum Gasteiger partial charge on any atom is 0.220 e. The van der Waals surface area contributed by atoms with Crippen LogP contribution in [0.2, 0.25) is 0 Å². The Morgan fingerprint density at radius 3 is 1.16 bits per heavy atom. The highest BCUT2D eigenvalue weighted by Gasteiger charge is 2.44. The van der Waals surface area contributed by atoms with Crippen LogP contribution in [0.3, 0.4) is 0 Å². The summed E-state index contributed by atoms with van der Waals surface area (Å²) >= 11 is 0. The van der Waals surface area contributed by atoms with Gasteiger partial charge in [-0.15, -0.1) is 0 Å². The maximum atomic E-state index is 13.1. The number of aliphatic hydroxyl groups excluding tert-OH is 5. The van der Waals surface area contributed by atoms with Gasteiger partial charge in [0.2, 0.25) is 5.91 Å². The van der Waals surface area contributed by atoms with Crippen LogP contribution in [0, 0.1) is 0 Å². The molecular weight excluding hydrogens is 1030 g/mol. The van der Waals surface area contributed by atoms with Crippen LogP contribution in [0.25, 0.3) is 0 Å². The zero-order valence-corrected chi connectivity index (χ0v) is 53.2. The minimum atomic E-state index is -1.58. The molecule has 1 aliphatic rings. The van der Waals surface area contributed by atoms with Gasteiger partial charge in [0.25, 0.3) is 0 Å². The van der Waals surface area contributed by atoms with Crippen LogP contribution in [0.4, 0.5) is 0 Å². The number of allylic oxidation sites excluding steroid dienone is 19. The molecule has 7 atom stereocenters. The highest BCUT2D eigenvalue weighted by molar-refractivity contribution is 5.76. The standard InChI is InChI=1S/C74H127NO8/c1-3-5-7-9-11-13-15-17-19-21-23-25-27-29-31-32-33-34-35-36-38-40-42-44-46-48-50-52-54-56-58-60-62-64-70(78)75-67(66-82-74-73(81)72(80)71(79)69(65-76)83-74)68(77)63-61-59-57-55-53-51-49-47-45-43-41-39-37-30-28-26-24-22-20-18-16-14-12-10-8-6-4-2/h5,7,11,13,17,19,23,25,29,31,33-34,36,38,45,47,53,55,61,63,67-69,71-74,76-77,79-81H,3-4,6,8-10,12,14-16,18,20-22,24,26-28,30,32,35,37,39-44,46,48-52,54,56-60,62,64-66H2,1-2H3,(H,75,78)/b7-5-,13-11-,19-17-,25-23-,31-29-,34-33-,38-36-,47-45+,55-53+,63-61+. The molecule has 0 radical (unpaired) electrons. The Morgan fingerprint density at radius 2 is 0.759 bits per heavy atom. The van der Waals surface area contributed by atoms with E-state index in [0.717, 1.165) is 103 Å². The fraction of sp³-hybridized carbons (Fsp3) is 0.716. The molecule has 1 amide bonds. The van der Waals surface area contributed by atoms with E-state index >= 15 is 0 Å². The fourth-order valence-corrected chi connectivity index (χ4v) is 10.2. The lowest BCUT2D eigenvalue weighted by atomic mass is 9.99. The molecule has 0 bridgehead atoms. The van der Waals surface area contributed by atoms with Crippen molar-refractivity contribution in [3.05, 3.63) is 122 Å². The molecule has 1 saturated heterocycles. The molecule has 0 spiro atoms. The van der Waals surface area contributed by atoms with E-state index in [1.54, 1.807) is 6.08 Å². The summed E-state index contributed by atoms with van der Waals surface area (Å²) in [6.45, 7) is 3.66. The van der Waals surface area contributed by atoms with Gasteiger partial charge < -0.3 is 40.3 Å². The Labute approximate surface area is 509 Å². The molecule has 0 aromatic carbocycles. The smallest absolute Gasteiger partial charge is 0.220 e. The Kier molecular flexibility index (Phi) is 57.7. The van der Waals surface area contributed by atoms with Gasteiger partial charge in [0.15, 0.2) is 6.29 Å². The number of amides is 1. The summed E-state index contributed by atoms with van der Waals surface area (Å²) in [6, 6.07) is -0.840. The first kappa shape index (κ1) is 77.6. The van der Waals surface area contributed by atoms with Gasteiger partial charge in [-0.2, -0.15) is 0 Å². The van der Waals surface area contributed by atoms with E-state index in [0.29, 0.717) is 6.42 Å². The molecule has 0 aromatic heterocycles. The maximum absolute atomic E-state index is 13.1. The fourth-order valence-electron chi connectivity index (χ4n) is 10.2. The molecule has 0 aromatic rings. The minimum absolute atomic E-state index is 0.197. The van der Waals surface area contributed by atoms with E-state index in [2.05, 4.69) is 129 Å². The topological polar surface area (TPSA) is 149 Å². The molecule has 1 fully saturated rings. The molecule has 1 heterocycles. The number of hydrogen-bond acceptors (Lipinski definition) is 8. The van der Waals surface area contributed by atoms with Crippen LogP contribution in [-0.4, -0.2) is 87.5 Å². The first-order valence-corrected chi connectivity index (χ1v) is 34.3. The number of rotatable bonds is 58. The molecule has 7 unspecified atom stereocenters. The van der Waals surface area contributed by atoms with Crippen molar-refractivity contribution in [1.82, 2.24) is 5.32 Å². The molecule has 476 valence electrons. The second-order valence-corrected chi connectivity index (χ2v) is 23.2. The number of carbonyl (C=O) groups is 1. The molecule has 9 nitrogen and oxygen atoms in total. The third-order valence-electron chi connectivity index (χ3n) is 15.5. The zero-order chi connectivity index (χ0) is 60.0. The predicted octanol–water partition coefficient (Wildman–Crippen LogP) is 18.6. The van der Waals surface area contributed by atoms with Gasteiger partial charge in [-0.3, -0.25) is 4.79 Å². The average molecular weight is 1160 g/mol. The van der Waals surface area contributed by atoms with Crippen LogP contribution in [0.15, 0.2) is 122 Å². The van der Waals surface area contributed by atoms with Crippen molar-refractivity contribution in [3.8, 4) is 0 Å². The van der Waals surface area contributed by atoms with E-state index < -0.39 is 49.5 Å². The van der Waals surface area contributed by atoms with E-state index in [-0.39, 0.29) is 12.5 Å². The van der Waals surface area contributed by atoms with Crippen molar-refractivity contribution in [2.45, 2.75) is 326 Å². The third kappa shape index (κ3) is 50.5. The Morgan fingerprint density at radius 1 is 0.422 bits per heavy atom. The minimum Gasteiger partial charge on any atom is -0.394 e. The number of hydrogen-bond donors (Lipinski definition) is 6. The second-order valence-electron chi connectivity index (χ2n) is 23.2. The lowest BCUT2D eigenvalue weighted by molar-refractivity contribution is -0.302. The van der Waals surface area contributed by atoms with Crippen molar-refractivity contribution in [1.29, 1.82) is 0 Å². The predicted molar refractivity (Wildman–Crippen MR) is 354 cm³/mol. The van der Waals surface area contributed by atoms with Gasteiger partial charge in [0, 0.05) is 6.42 Å². The Bertz CT molecular complexity index is 1720. The van der Waals surface area contributed by atoms with Crippen LogP contribution in [-0.2, 0) is 14.3 Å². The third-order valence-corrected chi connectivity index (χ3v) is 15.5. The van der Waals surface area contributed by atoms with E-state index in [1.807, 2.05) is 6.08 Å². The monoisotopic (exact) mass is 1160 g/mol. The second kappa shape index (κ2) is 61.7. The van der Waals surface area contributed by atoms with Crippen molar-refractivity contribution in [2.75, 3.05) is 13.2 Å². The van der Waals surface area contributed by atoms with E-state index in [4.69, 9.17) is 9.47 Å². The first-order valence-electron chi connectivity index (χ1n) is 34.3. The lowest BCUT2D eigenvalue weighted by Crippen LogP contribution is -2.60.